The molecule has 92 valence electrons. The summed E-state index contributed by atoms with van der Waals surface area (Å²) in [6, 6.07) is 0.471. The van der Waals surface area contributed by atoms with Crippen LogP contribution in [0.1, 0.15) is 32.1 Å². The molecule has 4 heteroatoms. The molecule has 16 heavy (non-hydrogen) atoms. The molecule has 1 heterocycles. The first-order valence-electron chi connectivity index (χ1n) is 6.40. The van der Waals surface area contributed by atoms with E-state index in [2.05, 4.69) is 10.2 Å². The molecule has 4 nitrogen and oxygen atoms in total. The van der Waals surface area contributed by atoms with Gasteiger partial charge < -0.3 is 15.3 Å². The average Bonchev–Trinajstić information content (AvgIpc) is 3.10. The van der Waals surface area contributed by atoms with Crippen LogP contribution in [0.2, 0.25) is 0 Å². The molecule has 2 N–H and O–H groups in total. The van der Waals surface area contributed by atoms with Gasteiger partial charge in [-0.3, -0.25) is 4.79 Å². The van der Waals surface area contributed by atoms with Gasteiger partial charge in [0.05, 0.1) is 0 Å². The topological polar surface area (TPSA) is 52.6 Å². The molecule has 1 amide bonds. The highest BCUT2D eigenvalue weighted by Crippen LogP contribution is 2.19. The van der Waals surface area contributed by atoms with Crippen LogP contribution in [0.5, 0.6) is 0 Å². The molecule has 1 aliphatic heterocycles. The summed E-state index contributed by atoms with van der Waals surface area (Å²) in [6.07, 6.45) is 5.19. The van der Waals surface area contributed by atoms with E-state index in [1.807, 2.05) is 0 Å². The Morgan fingerprint density at radius 1 is 1.38 bits per heavy atom. The van der Waals surface area contributed by atoms with E-state index in [1.54, 1.807) is 0 Å². The lowest BCUT2D eigenvalue weighted by Crippen LogP contribution is -2.39. The second-order valence-corrected chi connectivity index (χ2v) is 5.08. The maximum absolute atomic E-state index is 11.5. The highest BCUT2D eigenvalue weighted by Gasteiger charge is 2.24. The summed E-state index contributed by atoms with van der Waals surface area (Å²) in [6.45, 7) is 3.15. The number of amides is 1. The molecule has 1 aliphatic carbocycles. The Morgan fingerprint density at radius 2 is 2.19 bits per heavy atom. The summed E-state index contributed by atoms with van der Waals surface area (Å²) in [5.41, 5.74) is 0. The zero-order chi connectivity index (χ0) is 11.4. The summed E-state index contributed by atoms with van der Waals surface area (Å²) in [5.74, 6) is 0.605. The predicted molar refractivity (Wildman–Crippen MR) is 62.0 cm³/mol. The number of likely N-dealkylation sites (tertiary alicyclic amines) is 1. The van der Waals surface area contributed by atoms with Gasteiger partial charge in [0.15, 0.2) is 0 Å². The number of nitrogens with zero attached hydrogens (tertiary/aromatic N) is 1. The van der Waals surface area contributed by atoms with E-state index < -0.39 is 0 Å². The first-order chi connectivity index (χ1) is 7.78. The van der Waals surface area contributed by atoms with E-state index >= 15 is 0 Å². The SMILES string of the molecule is O=C(CCN1CCCC(CO)C1)NC1CC1. The lowest BCUT2D eigenvalue weighted by atomic mass is 9.99. The van der Waals surface area contributed by atoms with Crippen LogP contribution in [0, 0.1) is 5.92 Å². The first kappa shape index (κ1) is 11.9. The highest BCUT2D eigenvalue weighted by molar-refractivity contribution is 5.76. The quantitative estimate of drug-likeness (QED) is 0.711. The Bertz CT molecular complexity index is 241. The van der Waals surface area contributed by atoms with Gasteiger partial charge in [-0.1, -0.05) is 0 Å². The Kier molecular flexibility index (Phi) is 4.18. The van der Waals surface area contributed by atoms with Gasteiger partial charge in [0.1, 0.15) is 0 Å². The normalized spacial score (nSPS) is 26.7. The number of rotatable bonds is 5. The monoisotopic (exact) mass is 226 g/mol. The number of aliphatic hydroxyl groups excluding tert-OH is 1. The molecule has 1 atom stereocenters. The van der Waals surface area contributed by atoms with Crippen LogP contribution in [0.15, 0.2) is 0 Å². The van der Waals surface area contributed by atoms with Crippen molar-refractivity contribution in [3.63, 3.8) is 0 Å². The Morgan fingerprint density at radius 3 is 2.88 bits per heavy atom. The van der Waals surface area contributed by atoms with Gasteiger partial charge in [-0.05, 0) is 38.1 Å². The van der Waals surface area contributed by atoms with Gasteiger partial charge in [0.2, 0.25) is 5.91 Å². The van der Waals surface area contributed by atoms with Gasteiger partial charge >= 0.3 is 0 Å². The molecule has 0 radical (unpaired) electrons. The van der Waals surface area contributed by atoms with Crippen molar-refractivity contribution >= 4 is 5.91 Å². The summed E-state index contributed by atoms with van der Waals surface area (Å²) < 4.78 is 0. The van der Waals surface area contributed by atoms with Crippen LogP contribution in [-0.4, -0.2) is 48.2 Å². The molecule has 0 aromatic carbocycles. The lowest BCUT2D eigenvalue weighted by Gasteiger charge is -2.31. The fraction of sp³-hybridized carbons (Fsp3) is 0.917. The summed E-state index contributed by atoms with van der Waals surface area (Å²) in [4.78, 5) is 13.8. The number of hydrogen-bond donors (Lipinski definition) is 2. The van der Waals surface area contributed by atoms with Crippen LogP contribution in [0.3, 0.4) is 0 Å². The fourth-order valence-electron chi connectivity index (χ4n) is 2.29. The van der Waals surface area contributed by atoms with Gasteiger partial charge in [-0.25, -0.2) is 0 Å². The minimum Gasteiger partial charge on any atom is -0.396 e. The van der Waals surface area contributed by atoms with E-state index in [0.717, 1.165) is 45.3 Å². The summed E-state index contributed by atoms with van der Waals surface area (Å²) >= 11 is 0. The molecular formula is C12H22N2O2. The maximum Gasteiger partial charge on any atom is 0.221 e. The molecule has 2 fully saturated rings. The van der Waals surface area contributed by atoms with Crippen LogP contribution < -0.4 is 5.32 Å². The van der Waals surface area contributed by atoms with Crippen molar-refractivity contribution in [2.75, 3.05) is 26.2 Å². The maximum atomic E-state index is 11.5. The third kappa shape index (κ3) is 3.76. The summed E-state index contributed by atoms with van der Waals surface area (Å²) in [7, 11) is 0. The van der Waals surface area contributed by atoms with Gasteiger partial charge in [0, 0.05) is 32.2 Å². The smallest absolute Gasteiger partial charge is 0.221 e. The highest BCUT2D eigenvalue weighted by atomic mass is 16.3. The van der Waals surface area contributed by atoms with E-state index in [-0.39, 0.29) is 12.5 Å². The van der Waals surface area contributed by atoms with Gasteiger partial charge in [0.25, 0.3) is 0 Å². The van der Waals surface area contributed by atoms with E-state index in [9.17, 15) is 4.79 Å². The minimum absolute atomic E-state index is 0.189. The first-order valence-corrected chi connectivity index (χ1v) is 6.40. The predicted octanol–water partition coefficient (Wildman–Crippen LogP) is 0.359. The minimum atomic E-state index is 0.189. The molecule has 0 aromatic rings. The molecule has 2 rings (SSSR count). The third-order valence-electron chi connectivity index (χ3n) is 3.46. The molecule has 1 saturated heterocycles. The number of nitrogens with one attached hydrogen (secondary N) is 1. The van der Waals surface area contributed by atoms with E-state index in [4.69, 9.17) is 5.11 Å². The standard InChI is InChI=1S/C12H22N2O2/c15-9-10-2-1-6-14(8-10)7-5-12(16)13-11-3-4-11/h10-11,15H,1-9H2,(H,13,16). The van der Waals surface area contributed by atoms with Crippen molar-refractivity contribution in [1.82, 2.24) is 10.2 Å². The molecule has 0 aromatic heterocycles. The molecular weight excluding hydrogens is 204 g/mol. The van der Waals surface area contributed by atoms with Crippen molar-refractivity contribution < 1.29 is 9.90 Å². The molecule has 1 saturated carbocycles. The number of piperidine rings is 1. The summed E-state index contributed by atoms with van der Waals surface area (Å²) in [5, 5.41) is 12.1. The second kappa shape index (κ2) is 5.64. The zero-order valence-electron chi connectivity index (χ0n) is 9.82. The molecule has 1 unspecified atom stereocenters. The fourth-order valence-corrected chi connectivity index (χ4v) is 2.29. The Labute approximate surface area is 97.0 Å². The van der Waals surface area contributed by atoms with Crippen LogP contribution in [-0.2, 0) is 4.79 Å². The van der Waals surface area contributed by atoms with Crippen LogP contribution in [0.4, 0.5) is 0 Å². The Balaban J connectivity index is 1.62. The molecule has 0 bridgehead atoms. The number of hydrogen-bond acceptors (Lipinski definition) is 3. The number of aliphatic hydroxyl groups is 1. The third-order valence-corrected chi connectivity index (χ3v) is 3.46. The van der Waals surface area contributed by atoms with Crippen LogP contribution >= 0.6 is 0 Å². The van der Waals surface area contributed by atoms with E-state index in [0.29, 0.717) is 18.4 Å². The van der Waals surface area contributed by atoms with Gasteiger partial charge in [-0.2, -0.15) is 0 Å². The average molecular weight is 226 g/mol. The number of carbonyl (C=O) groups excluding carboxylic acids is 1. The van der Waals surface area contributed by atoms with Crippen molar-refractivity contribution in [2.45, 2.75) is 38.1 Å². The van der Waals surface area contributed by atoms with Crippen molar-refractivity contribution in [3.8, 4) is 0 Å². The van der Waals surface area contributed by atoms with Crippen molar-refractivity contribution in [3.05, 3.63) is 0 Å². The number of carbonyl (C=O) groups is 1. The van der Waals surface area contributed by atoms with Gasteiger partial charge in [-0.15, -0.1) is 0 Å². The van der Waals surface area contributed by atoms with Crippen molar-refractivity contribution in [2.24, 2.45) is 5.92 Å². The van der Waals surface area contributed by atoms with Crippen LogP contribution in [0.25, 0.3) is 0 Å². The second-order valence-electron chi connectivity index (χ2n) is 5.08. The lowest BCUT2D eigenvalue weighted by molar-refractivity contribution is -0.121. The van der Waals surface area contributed by atoms with Crippen molar-refractivity contribution in [1.29, 1.82) is 0 Å². The zero-order valence-corrected chi connectivity index (χ0v) is 9.82. The van der Waals surface area contributed by atoms with E-state index in [1.165, 1.54) is 0 Å². The molecule has 0 spiro atoms. The Hall–Kier alpha value is -0.610. The largest absolute Gasteiger partial charge is 0.396 e. The molecule has 2 aliphatic rings.